The van der Waals surface area contributed by atoms with Gasteiger partial charge in [0.05, 0.1) is 48.1 Å². The van der Waals surface area contributed by atoms with Gasteiger partial charge in [0, 0.05) is 5.02 Å². The molecule has 0 fully saturated rings. The molecule has 0 aromatic heterocycles. The van der Waals surface area contributed by atoms with Crippen LogP contribution in [0.15, 0.2) is 59.1 Å². The summed E-state index contributed by atoms with van der Waals surface area (Å²) in [4.78, 5) is 27.0. The Balaban J connectivity index is 2.49. The predicted octanol–water partition coefficient (Wildman–Crippen LogP) is 3.91. The first-order chi connectivity index (χ1) is 15.7. The van der Waals surface area contributed by atoms with Crippen LogP contribution in [0.5, 0.6) is 5.75 Å². The summed E-state index contributed by atoms with van der Waals surface area (Å²) < 4.78 is 9.89. The van der Waals surface area contributed by atoms with Gasteiger partial charge in [-0.2, -0.15) is 5.26 Å². The second-order valence-electron chi connectivity index (χ2n) is 7.00. The van der Waals surface area contributed by atoms with Crippen molar-refractivity contribution in [3.05, 3.63) is 80.2 Å². The number of carbonyl (C=O) groups is 2. The van der Waals surface area contributed by atoms with Gasteiger partial charge >= 0.3 is 11.9 Å². The fraction of sp³-hybridized carbons (Fsp3) is 0.174. The molecule has 2 aromatic carbocycles. The van der Waals surface area contributed by atoms with Crippen LogP contribution in [-0.2, 0) is 19.1 Å². The van der Waals surface area contributed by atoms with E-state index < -0.39 is 23.6 Å². The van der Waals surface area contributed by atoms with E-state index in [1.807, 2.05) is 6.07 Å². The molecule has 3 rings (SSSR count). The third-order valence-corrected chi connectivity index (χ3v) is 6.11. The normalized spacial score (nSPS) is 15.9. The van der Waals surface area contributed by atoms with E-state index in [-0.39, 0.29) is 38.4 Å². The summed E-state index contributed by atoms with van der Waals surface area (Å²) in [6, 6.07) is 11.9. The second kappa shape index (κ2) is 9.45. The third-order valence-electron chi connectivity index (χ3n) is 5.25. The van der Waals surface area contributed by atoms with E-state index in [9.17, 15) is 20.0 Å². The highest BCUT2D eigenvalue weighted by Gasteiger charge is 2.43. The molecule has 33 heavy (non-hydrogen) atoms. The van der Waals surface area contributed by atoms with Crippen LogP contribution >= 0.6 is 23.2 Å². The van der Waals surface area contributed by atoms with Crippen molar-refractivity contribution in [3.63, 3.8) is 0 Å². The van der Waals surface area contributed by atoms with Gasteiger partial charge in [-0.1, -0.05) is 53.5 Å². The topological polar surface area (TPSA) is 126 Å². The molecule has 10 heteroatoms. The number of rotatable bonds is 4. The maximum Gasteiger partial charge on any atom is 0.355 e. The zero-order valence-corrected chi connectivity index (χ0v) is 19.4. The standard InChI is InChI=1S/C23H19Cl2N3O5/c1-11-14(24)9-15(20(29)18(11)25)28-19(23(31)33-3)17(22(30)32-2)16(13(10-26)21(28)27)12-7-5-4-6-8-12/h4-9,16,29H,27H2,1-3H3. The van der Waals surface area contributed by atoms with Crippen LogP contribution in [0.2, 0.25) is 10.0 Å². The van der Waals surface area contributed by atoms with E-state index in [0.717, 1.165) is 19.1 Å². The van der Waals surface area contributed by atoms with Crippen molar-refractivity contribution in [3.8, 4) is 11.8 Å². The second-order valence-corrected chi connectivity index (χ2v) is 7.79. The molecule has 0 amide bonds. The van der Waals surface area contributed by atoms with Gasteiger partial charge < -0.3 is 20.3 Å². The number of nitriles is 1. The minimum atomic E-state index is -1.03. The predicted molar refractivity (Wildman–Crippen MR) is 122 cm³/mol. The van der Waals surface area contributed by atoms with Crippen LogP contribution in [0.1, 0.15) is 17.0 Å². The molecule has 0 spiro atoms. The maximum atomic E-state index is 13.0. The van der Waals surface area contributed by atoms with Crippen molar-refractivity contribution < 1.29 is 24.2 Å². The largest absolute Gasteiger partial charge is 0.504 e. The molecule has 1 heterocycles. The van der Waals surface area contributed by atoms with Crippen LogP contribution in [-0.4, -0.2) is 31.3 Å². The van der Waals surface area contributed by atoms with E-state index in [4.69, 9.17) is 38.4 Å². The van der Waals surface area contributed by atoms with E-state index >= 15 is 0 Å². The third kappa shape index (κ3) is 3.97. The fourth-order valence-corrected chi connectivity index (χ4v) is 4.07. The molecule has 0 bridgehead atoms. The molecule has 3 N–H and O–H groups in total. The minimum absolute atomic E-state index is 0.0542. The number of hydrogen-bond acceptors (Lipinski definition) is 8. The lowest BCUT2D eigenvalue weighted by atomic mass is 9.81. The molecule has 1 aliphatic heterocycles. The van der Waals surface area contributed by atoms with Gasteiger partial charge in [-0.15, -0.1) is 0 Å². The highest BCUT2D eigenvalue weighted by Crippen LogP contribution is 2.48. The van der Waals surface area contributed by atoms with Gasteiger partial charge in [-0.3, -0.25) is 4.90 Å². The Hall–Kier alpha value is -3.67. The summed E-state index contributed by atoms with van der Waals surface area (Å²) in [5, 5.41) is 20.9. The molecule has 1 aliphatic rings. The number of phenolic OH excluding ortho intramolecular Hbond substituents is 1. The van der Waals surface area contributed by atoms with Crippen molar-refractivity contribution in [2.45, 2.75) is 12.8 Å². The Morgan fingerprint density at radius 1 is 1.15 bits per heavy atom. The van der Waals surface area contributed by atoms with Crippen LogP contribution in [0, 0.1) is 18.3 Å². The van der Waals surface area contributed by atoms with Crippen LogP contribution in [0.4, 0.5) is 5.69 Å². The maximum absolute atomic E-state index is 13.0. The quantitative estimate of drug-likeness (QED) is 0.621. The van der Waals surface area contributed by atoms with Crippen molar-refractivity contribution >= 4 is 40.8 Å². The molecular formula is C23H19Cl2N3O5. The van der Waals surface area contributed by atoms with Crippen molar-refractivity contribution in [1.82, 2.24) is 0 Å². The Morgan fingerprint density at radius 3 is 2.30 bits per heavy atom. The average Bonchev–Trinajstić information content (AvgIpc) is 2.83. The van der Waals surface area contributed by atoms with Gasteiger partial charge in [-0.25, -0.2) is 9.59 Å². The van der Waals surface area contributed by atoms with Gasteiger partial charge in [-0.05, 0) is 24.1 Å². The molecule has 2 aromatic rings. The molecule has 1 atom stereocenters. The minimum Gasteiger partial charge on any atom is -0.504 e. The van der Waals surface area contributed by atoms with E-state index in [1.54, 1.807) is 37.3 Å². The first-order valence-electron chi connectivity index (χ1n) is 9.52. The zero-order valence-electron chi connectivity index (χ0n) is 17.8. The lowest BCUT2D eigenvalue weighted by Gasteiger charge is -2.36. The van der Waals surface area contributed by atoms with Gasteiger partial charge in [0.25, 0.3) is 0 Å². The van der Waals surface area contributed by atoms with Crippen molar-refractivity contribution in [2.24, 2.45) is 5.73 Å². The highest BCUT2D eigenvalue weighted by atomic mass is 35.5. The summed E-state index contributed by atoms with van der Waals surface area (Å²) in [5.74, 6) is -3.55. The fourth-order valence-electron chi connectivity index (χ4n) is 3.63. The van der Waals surface area contributed by atoms with Crippen LogP contribution < -0.4 is 10.6 Å². The Labute approximate surface area is 200 Å². The van der Waals surface area contributed by atoms with Gasteiger partial charge in [0.2, 0.25) is 0 Å². The van der Waals surface area contributed by atoms with Gasteiger partial charge in [0.15, 0.2) is 5.75 Å². The number of esters is 2. The molecule has 1 unspecified atom stereocenters. The molecule has 0 saturated heterocycles. The molecule has 8 nitrogen and oxygen atoms in total. The molecule has 0 aliphatic carbocycles. The lowest BCUT2D eigenvalue weighted by Crippen LogP contribution is -2.40. The molecule has 0 saturated carbocycles. The van der Waals surface area contributed by atoms with Crippen molar-refractivity contribution in [1.29, 1.82) is 5.26 Å². The zero-order chi connectivity index (χ0) is 24.4. The number of hydrogen-bond donors (Lipinski definition) is 2. The SMILES string of the molecule is COC(=O)C1=C(C(=O)OC)N(c2cc(Cl)c(C)c(Cl)c2O)C(N)=C(C#N)C1c1ccccc1. The number of methoxy groups -OCH3 is 2. The number of benzene rings is 2. The first-order valence-corrected chi connectivity index (χ1v) is 10.3. The number of nitrogens with two attached hydrogens (primary N) is 1. The number of ether oxygens (including phenoxy) is 2. The molecule has 0 radical (unpaired) electrons. The number of carbonyl (C=O) groups excluding carboxylic acids is 2. The van der Waals surface area contributed by atoms with E-state index in [0.29, 0.717) is 11.1 Å². The summed E-state index contributed by atoms with van der Waals surface area (Å²) in [7, 11) is 2.26. The first kappa shape index (κ1) is 24.0. The Kier molecular flexibility index (Phi) is 6.86. The smallest absolute Gasteiger partial charge is 0.355 e. The van der Waals surface area contributed by atoms with E-state index in [2.05, 4.69) is 0 Å². The Bertz CT molecular complexity index is 1250. The number of anilines is 1. The molecule has 170 valence electrons. The summed E-state index contributed by atoms with van der Waals surface area (Å²) in [6.45, 7) is 1.59. The monoisotopic (exact) mass is 487 g/mol. The molecular weight excluding hydrogens is 469 g/mol. The summed E-state index contributed by atoms with van der Waals surface area (Å²) >= 11 is 12.5. The van der Waals surface area contributed by atoms with E-state index in [1.165, 1.54) is 6.07 Å². The summed E-state index contributed by atoms with van der Waals surface area (Å²) in [6.07, 6.45) is 0. The van der Waals surface area contributed by atoms with Crippen LogP contribution in [0.3, 0.4) is 0 Å². The number of allylic oxidation sites excluding steroid dienone is 1. The summed E-state index contributed by atoms with van der Waals surface area (Å²) in [5.41, 5.74) is 6.57. The average molecular weight is 488 g/mol. The Morgan fingerprint density at radius 2 is 1.76 bits per heavy atom. The number of aromatic hydroxyl groups is 1. The number of nitrogens with zero attached hydrogens (tertiary/aromatic N) is 2. The van der Waals surface area contributed by atoms with Crippen LogP contribution in [0.25, 0.3) is 0 Å². The number of halogens is 2. The highest BCUT2D eigenvalue weighted by molar-refractivity contribution is 6.37. The van der Waals surface area contributed by atoms with Crippen molar-refractivity contribution in [2.75, 3.05) is 19.1 Å². The lowest BCUT2D eigenvalue weighted by molar-refractivity contribution is -0.139. The van der Waals surface area contributed by atoms with Gasteiger partial charge in [0.1, 0.15) is 11.5 Å². The number of phenols is 1.